The number of hydrogen-bond donors (Lipinski definition) is 1. The molecule has 1 N–H and O–H groups in total. The van der Waals surface area contributed by atoms with Gasteiger partial charge in [-0.1, -0.05) is 201 Å². The van der Waals surface area contributed by atoms with Crippen molar-refractivity contribution in [1.82, 2.24) is 14.5 Å². The zero-order chi connectivity index (χ0) is 51.1. The molecule has 0 bridgehead atoms. The predicted octanol–water partition coefficient (Wildman–Crippen LogP) is 17.7. The molecule has 0 spiro atoms. The zero-order valence-electron chi connectivity index (χ0n) is 45.7. The average Bonchev–Trinajstić information content (AvgIpc) is 3.66. The average molecular weight is 1100 g/mol. The number of para-hydroxylation sites is 1. The standard InChI is InChI=1S/C64H72N3O.Pt/c1-39(2)41-20-22-42(23-21-41)45-30-31-65-55(36-45)47-32-46(33-49(34-47)62(8,9)10)51-18-17-19-57-58(51)66-60(53-37-50(63(11,12)13)38-54(59(53)68)64(14,15)16)67(57)56-29-26-44(40(3)4)35-52(56)43-24-27-48(28-25-43)61(5,6)7;/h17-31,33-40,68H,1-16H3;/q-1;/i39D,40D;. The summed E-state index contributed by atoms with van der Waals surface area (Å²) in [5.41, 5.74) is 16.2. The number of phenolic OH excluding ortho intramolecular Hbond substituents is 1. The van der Waals surface area contributed by atoms with Crippen molar-refractivity contribution in [3.05, 3.63) is 167 Å². The van der Waals surface area contributed by atoms with Crippen LogP contribution in [0.15, 0.2) is 128 Å². The van der Waals surface area contributed by atoms with Gasteiger partial charge in [-0.3, -0.25) is 9.55 Å². The Balaban J connectivity index is 0.00000741. The third-order valence-corrected chi connectivity index (χ3v) is 13.4. The molecule has 0 fully saturated rings. The molecule has 2 aromatic heterocycles. The van der Waals surface area contributed by atoms with Crippen LogP contribution < -0.4 is 0 Å². The van der Waals surface area contributed by atoms with E-state index >= 15 is 0 Å². The van der Waals surface area contributed by atoms with Gasteiger partial charge in [0, 0.05) is 46.8 Å². The summed E-state index contributed by atoms with van der Waals surface area (Å²) in [6.07, 6.45) is 1.87. The Morgan fingerprint density at radius 3 is 1.71 bits per heavy atom. The molecule has 8 aromatic rings. The van der Waals surface area contributed by atoms with E-state index in [2.05, 4.69) is 197 Å². The van der Waals surface area contributed by atoms with E-state index in [1.807, 2.05) is 52.1 Å². The molecule has 0 atom stereocenters. The number of hydrogen-bond acceptors (Lipinski definition) is 3. The number of fused-ring (bicyclic) bond motifs is 1. The predicted molar refractivity (Wildman–Crippen MR) is 290 cm³/mol. The van der Waals surface area contributed by atoms with Gasteiger partial charge >= 0.3 is 0 Å². The molecule has 0 unspecified atom stereocenters. The Morgan fingerprint density at radius 1 is 0.536 bits per heavy atom. The van der Waals surface area contributed by atoms with E-state index in [4.69, 9.17) is 11.3 Å². The third kappa shape index (κ3) is 10.5. The molecule has 0 aliphatic heterocycles. The minimum Gasteiger partial charge on any atom is -0.507 e. The van der Waals surface area contributed by atoms with Gasteiger partial charge in [0.05, 0.1) is 22.3 Å². The monoisotopic (exact) mass is 1100 g/mol. The van der Waals surface area contributed by atoms with Crippen molar-refractivity contribution in [2.24, 2.45) is 0 Å². The van der Waals surface area contributed by atoms with Crippen LogP contribution in [0.5, 0.6) is 5.75 Å². The van der Waals surface area contributed by atoms with E-state index in [-0.39, 0.29) is 48.5 Å². The van der Waals surface area contributed by atoms with Crippen molar-refractivity contribution in [3.8, 4) is 67.5 Å². The quantitative estimate of drug-likeness (QED) is 0.154. The molecule has 8 rings (SSSR count). The molecule has 0 amide bonds. The van der Waals surface area contributed by atoms with Gasteiger partial charge in [0.1, 0.15) is 11.6 Å². The first-order valence-corrected chi connectivity index (χ1v) is 24.2. The Hall–Kier alpha value is -5.57. The molecule has 4 nitrogen and oxygen atoms in total. The van der Waals surface area contributed by atoms with Crippen LogP contribution in [0.4, 0.5) is 0 Å². The number of phenols is 1. The molecule has 6 aromatic carbocycles. The second-order valence-electron chi connectivity index (χ2n) is 23.4. The Bertz CT molecular complexity index is 3250. The molecule has 2 heterocycles. The van der Waals surface area contributed by atoms with Crippen molar-refractivity contribution in [2.45, 2.75) is 144 Å². The summed E-state index contributed by atoms with van der Waals surface area (Å²) in [5.74, 6) is -0.692. The van der Waals surface area contributed by atoms with Crippen molar-refractivity contribution in [2.75, 3.05) is 0 Å². The first-order valence-electron chi connectivity index (χ1n) is 25.2. The summed E-state index contributed by atoms with van der Waals surface area (Å²) in [6, 6.07) is 46.6. The van der Waals surface area contributed by atoms with Gasteiger partial charge in [0.15, 0.2) is 0 Å². The van der Waals surface area contributed by atoms with Gasteiger partial charge in [0.2, 0.25) is 0 Å². The second-order valence-corrected chi connectivity index (χ2v) is 23.4. The summed E-state index contributed by atoms with van der Waals surface area (Å²) < 4.78 is 19.9. The first-order chi connectivity index (χ1) is 32.4. The number of rotatable bonds is 8. The van der Waals surface area contributed by atoms with Gasteiger partial charge in [-0.15, -0.1) is 29.3 Å². The minimum atomic E-state index is -0.851. The van der Waals surface area contributed by atoms with E-state index in [0.29, 0.717) is 11.4 Å². The summed E-state index contributed by atoms with van der Waals surface area (Å²) in [7, 11) is 0. The molecule has 0 saturated heterocycles. The van der Waals surface area contributed by atoms with Crippen LogP contribution in [0, 0.1) is 6.07 Å². The number of benzene rings is 6. The molecule has 0 aliphatic rings. The van der Waals surface area contributed by atoms with Crippen molar-refractivity contribution in [3.63, 3.8) is 0 Å². The van der Waals surface area contributed by atoms with Crippen LogP contribution >= 0.6 is 0 Å². The molecule has 0 radical (unpaired) electrons. The van der Waals surface area contributed by atoms with Crippen molar-refractivity contribution in [1.29, 1.82) is 0 Å². The molecule has 0 aliphatic carbocycles. The Labute approximate surface area is 430 Å². The third-order valence-electron chi connectivity index (χ3n) is 13.4. The number of imidazole rings is 1. The Kier molecular flexibility index (Phi) is 13.3. The first kappa shape index (κ1) is 48.5. The van der Waals surface area contributed by atoms with E-state index in [1.54, 1.807) is 0 Å². The maximum atomic E-state index is 12.6. The summed E-state index contributed by atoms with van der Waals surface area (Å²) >= 11 is 0. The topological polar surface area (TPSA) is 50.9 Å². The van der Waals surface area contributed by atoms with Gasteiger partial charge in [0.25, 0.3) is 0 Å². The van der Waals surface area contributed by atoms with E-state index in [9.17, 15) is 6.48 Å². The molecular weight excluding hydrogens is 1020 g/mol. The van der Waals surface area contributed by atoms with Crippen LogP contribution in [0.3, 0.4) is 0 Å². The van der Waals surface area contributed by atoms with Crippen molar-refractivity contribution >= 4 is 11.0 Å². The number of pyridine rings is 1. The van der Waals surface area contributed by atoms with E-state index in [0.717, 1.165) is 89.2 Å². The largest absolute Gasteiger partial charge is 0.507 e. The van der Waals surface area contributed by atoms with Gasteiger partial charge < -0.3 is 5.11 Å². The molecule has 360 valence electrons. The Morgan fingerprint density at radius 2 is 1.12 bits per heavy atom. The van der Waals surface area contributed by atoms with Crippen molar-refractivity contribution < 1.29 is 28.9 Å². The van der Waals surface area contributed by atoms with Crippen LogP contribution in [-0.2, 0) is 42.7 Å². The molecule has 0 saturated carbocycles. The summed E-state index contributed by atoms with van der Waals surface area (Å²) in [4.78, 5) is 10.6. The molecular formula is C64H72N3OPt-. The SMILES string of the molecule is [2H]C(C)(C)c1ccc(-c2ccnc(-c3[c-]c(-c4cccc5c4nc(-c4cc(C(C)(C)C)cc(C(C)(C)C)c4O)n5-c4ccc(C([2H])(C)C)cc4-c4ccc(C(C)(C)C)cc4)cc(C(C)(C)C)c3)c2)cc1.[Pt]. The number of aromatic hydroxyl groups is 1. The van der Waals surface area contributed by atoms with Crippen LogP contribution in [0.2, 0.25) is 0 Å². The van der Waals surface area contributed by atoms with Gasteiger partial charge in [-0.25, -0.2) is 4.98 Å². The zero-order valence-corrected chi connectivity index (χ0v) is 46.0. The van der Waals surface area contributed by atoms with E-state index in [1.165, 1.54) is 5.56 Å². The minimum absolute atomic E-state index is 0. The normalized spacial score (nSPS) is 13.3. The molecule has 5 heteroatoms. The van der Waals surface area contributed by atoms with Crippen LogP contribution in [0.25, 0.3) is 72.7 Å². The van der Waals surface area contributed by atoms with Gasteiger partial charge in [-0.05, 0) is 103 Å². The second kappa shape index (κ2) is 19.0. The maximum absolute atomic E-state index is 12.6. The van der Waals surface area contributed by atoms with Crippen LogP contribution in [0.1, 0.15) is 159 Å². The number of aromatic nitrogens is 3. The smallest absolute Gasteiger partial charge is 0.148 e. The fourth-order valence-electron chi connectivity index (χ4n) is 9.01. The molecule has 69 heavy (non-hydrogen) atoms. The fraction of sp³-hybridized carbons (Fsp3) is 0.344. The van der Waals surface area contributed by atoms with Crippen LogP contribution in [-0.4, -0.2) is 19.6 Å². The van der Waals surface area contributed by atoms with E-state index < -0.39 is 11.8 Å². The fourth-order valence-corrected chi connectivity index (χ4v) is 9.01. The number of nitrogens with zero attached hydrogens (tertiary/aromatic N) is 3. The summed E-state index contributed by atoms with van der Waals surface area (Å²) in [6.45, 7) is 34.2. The summed E-state index contributed by atoms with van der Waals surface area (Å²) in [5, 5.41) is 12.6. The maximum Gasteiger partial charge on any atom is 0.148 e. The van der Waals surface area contributed by atoms with Gasteiger partial charge in [-0.2, -0.15) is 0 Å².